The Morgan fingerprint density at radius 3 is 2.35 bits per heavy atom. The molecule has 92 valence electrons. The van der Waals surface area contributed by atoms with Crippen molar-refractivity contribution < 1.29 is 4.79 Å². The molecule has 0 atom stereocenters. The molecule has 2 rings (SSSR count). The summed E-state index contributed by atoms with van der Waals surface area (Å²) in [6.45, 7) is 5.73. The van der Waals surface area contributed by atoms with Crippen LogP contribution in [0.5, 0.6) is 0 Å². The summed E-state index contributed by atoms with van der Waals surface area (Å²) in [7, 11) is 1.79. The third-order valence-corrected chi connectivity index (χ3v) is 3.19. The molecule has 1 amide bonds. The molecule has 0 spiro atoms. The van der Waals surface area contributed by atoms with Crippen LogP contribution in [0.2, 0.25) is 0 Å². The zero-order chi connectivity index (χ0) is 12.3. The minimum atomic E-state index is 0.0555. The van der Waals surface area contributed by atoms with Crippen molar-refractivity contribution in [3.8, 4) is 0 Å². The molecule has 1 saturated heterocycles. The van der Waals surface area contributed by atoms with E-state index in [-0.39, 0.29) is 5.91 Å². The summed E-state index contributed by atoms with van der Waals surface area (Å²) in [5.41, 5.74) is 2.17. The van der Waals surface area contributed by atoms with Crippen LogP contribution in [0.4, 0.5) is 11.4 Å². The minimum Gasteiger partial charge on any atom is -0.369 e. The van der Waals surface area contributed by atoms with Crippen LogP contribution in [0.3, 0.4) is 0 Å². The highest BCUT2D eigenvalue weighted by Gasteiger charge is 2.11. The van der Waals surface area contributed by atoms with Crippen molar-refractivity contribution in [2.75, 3.05) is 43.0 Å². The van der Waals surface area contributed by atoms with Crippen LogP contribution in [0.25, 0.3) is 0 Å². The average molecular weight is 233 g/mol. The Hall–Kier alpha value is -1.55. The summed E-state index contributed by atoms with van der Waals surface area (Å²) in [4.78, 5) is 15.2. The molecule has 1 aromatic rings. The predicted octanol–water partition coefficient (Wildman–Crippen LogP) is 1.08. The van der Waals surface area contributed by atoms with Gasteiger partial charge >= 0.3 is 0 Å². The van der Waals surface area contributed by atoms with Gasteiger partial charge in [0.2, 0.25) is 5.91 Å². The largest absolute Gasteiger partial charge is 0.369 e. The van der Waals surface area contributed by atoms with Crippen LogP contribution in [0.15, 0.2) is 24.3 Å². The number of nitrogens with one attached hydrogen (secondary N) is 1. The number of carbonyl (C=O) groups is 1. The Labute approximate surface area is 102 Å². The lowest BCUT2D eigenvalue weighted by Gasteiger charge is -2.29. The van der Waals surface area contributed by atoms with E-state index in [2.05, 4.69) is 22.3 Å². The van der Waals surface area contributed by atoms with E-state index in [1.54, 1.807) is 18.9 Å². The fraction of sp³-hybridized carbons (Fsp3) is 0.462. The molecular weight excluding hydrogens is 214 g/mol. The SMILES string of the molecule is CC(=O)N(C)c1ccc(N2CCNCC2)cc1. The van der Waals surface area contributed by atoms with E-state index in [9.17, 15) is 4.79 Å². The van der Waals surface area contributed by atoms with E-state index in [0.717, 1.165) is 31.9 Å². The molecule has 0 bridgehead atoms. The first kappa shape index (κ1) is 11.9. The highest BCUT2D eigenvalue weighted by Crippen LogP contribution is 2.20. The van der Waals surface area contributed by atoms with Gasteiger partial charge in [0, 0.05) is 51.5 Å². The van der Waals surface area contributed by atoms with Gasteiger partial charge in [-0.25, -0.2) is 0 Å². The molecule has 17 heavy (non-hydrogen) atoms. The molecule has 1 N–H and O–H groups in total. The Kier molecular flexibility index (Phi) is 3.64. The second kappa shape index (κ2) is 5.19. The van der Waals surface area contributed by atoms with Crippen molar-refractivity contribution in [1.82, 2.24) is 5.32 Å². The number of hydrogen-bond acceptors (Lipinski definition) is 3. The fourth-order valence-electron chi connectivity index (χ4n) is 1.99. The highest BCUT2D eigenvalue weighted by molar-refractivity contribution is 5.91. The van der Waals surface area contributed by atoms with Crippen molar-refractivity contribution in [1.29, 1.82) is 0 Å². The molecule has 1 aliphatic rings. The monoisotopic (exact) mass is 233 g/mol. The first-order valence-electron chi connectivity index (χ1n) is 5.98. The second-order valence-corrected chi connectivity index (χ2v) is 4.33. The molecule has 1 fully saturated rings. The Morgan fingerprint density at radius 2 is 1.82 bits per heavy atom. The molecule has 4 heteroatoms. The number of carbonyl (C=O) groups excluding carboxylic acids is 1. The first-order chi connectivity index (χ1) is 8.18. The Balaban J connectivity index is 2.09. The number of piperazine rings is 1. The lowest BCUT2D eigenvalue weighted by Crippen LogP contribution is -2.43. The van der Waals surface area contributed by atoms with Gasteiger partial charge in [-0.15, -0.1) is 0 Å². The van der Waals surface area contributed by atoms with Crippen molar-refractivity contribution in [2.24, 2.45) is 0 Å². The van der Waals surface area contributed by atoms with Crippen LogP contribution in [-0.4, -0.2) is 39.1 Å². The van der Waals surface area contributed by atoms with Crippen LogP contribution in [0.1, 0.15) is 6.92 Å². The van der Waals surface area contributed by atoms with Crippen LogP contribution >= 0.6 is 0 Å². The van der Waals surface area contributed by atoms with E-state index in [0.29, 0.717) is 0 Å². The summed E-state index contributed by atoms with van der Waals surface area (Å²) in [5.74, 6) is 0.0555. The molecule has 0 saturated carbocycles. The Bertz CT molecular complexity index is 382. The minimum absolute atomic E-state index is 0.0555. The van der Waals surface area contributed by atoms with Crippen molar-refractivity contribution in [3.05, 3.63) is 24.3 Å². The maximum absolute atomic E-state index is 11.2. The third kappa shape index (κ3) is 2.77. The molecule has 0 radical (unpaired) electrons. The van der Waals surface area contributed by atoms with Gasteiger partial charge in [0.15, 0.2) is 0 Å². The maximum atomic E-state index is 11.2. The normalized spacial score (nSPS) is 15.8. The second-order valence-electron chi connectivity index (χ2n) is 4.33. The van der Waals surface area contributed by atoms with Crippen LogP contribution in [-0.2, 0) is 4.79 Å². The Morgan fingerprint density at radius 1 is 1.24 bits per heavy atom. The standard InChI is InChI=1S/C13H19N3O/c1-11(17)15(2)12-3-5-13(6-4-12)16-9-7-14-8-10-16/h3-6,14H,7-10H2,1-2H3. The zero-order valence-electron chi connectivity index (χ0n) is 10.4. The topological polar surface area (TPSA) is 35.6 Å². The number of nitrogens with zero attached hydrogens (tertiary/aromatic N) is 2. The number of amides is 1. The van der Waals surface area contributed by atoms with E-state index in [1.165, 1.54) is 5.69 Å². The van der Waals surface area contributed by atoms with Gasteiger partial charge in [-0.05, 0) is 24.3 Å². The number of anilines is 2. The lowest BCUT2D eigenvalue weighted by atomic mass is 10.2. The zero-order valence-corrected chi connectivity index (χ0v) is 10.4. The summed E-state index contributed by atoms with van der Waals surface area (Å²) in [6, 6.07) is 8.16. The average Bonchev–Trinajstić information content (AvgIpc) is 2.39. The highest BCUT2D eigenvalue weighted by atomic mass is 16.2. The fourth-order valence-corrected chi connectivity index (χ4v) is 1.99. The predicted molar refractivity (Wildman–Crippen MR) is 70.6 cm³/mol. The molecule has 0 aliphatic carbocycles. The lowest BCUT2D eigenvalue weighted by molar-refractivity contribution is -0.116. The molecular formula is C13H19N3O. The molecule has 4 nitrogen and oxygen atoms in total. The summed E-state index contributed by atoms with van der Waals surface area (Å²) in [6.07, 6.45) is 0. The van der Waals surface area contributed by atoms with E-state index < -0.39 is 0 Å². The summed E-state index contributed by atoms with van der Waals surface area (Å²) >= 11 is 0. The number of rotatable bonds is 2. The number of benzene rings is 1. The first-order valence-corrected chi connectivity index (χ1v) is 5.98. The molecule has 0 aromatic heterocycles. The van der Waals surface area contributed by atoms with Gasteiger partial charge in [0.25, 0.3) is 0 Å². The smallest absolute Gasteiger partial charge is 0.223 e. The van der Waals surface area contributed by atoms with Crippen molar-refractivity contribution >= 4 is 17.3 Å². The van der Waals surface area contributed by atoms with Gasteiger partial charge in [0.1, 0.15) is 0 Å². The van der Waals surface area contributed by atoms with Gasteiger partial charge < -0.3 is 15.1 Å². The molecule has 1 aliphatic heterocycles. The van der Waals surface area contributed by atoms with E-state index in [4.69, 9.17) is 0 Å². The molecule has 0 unspecified atom stereocenters. The van der Waals surface area contributed by atoms with Crippen LogP contribution < -0.4 is 15.1 Å². The van der Waals surface area contributed by atoms with E-state index >= 15 is 0 Å². The molecule has 1 heterocycles. The number of hydrogen-bond donors (Lipinski definition) is 1. The summed E-state index contributed by atoms with van der Waals surface area (Å²) in [5, 5.41) is 3.33. The van der Waals surface area contributed by atoms with Crippen molar-refractivity contribution in [2.45, 2.75) is 6.92 Å². The van der Waals surface area contributed by atoms with Gasteiger partial charge in [-0.3, -0.25) is 4.79 Å². The van der Waals surface area contributed by atoms with Gasteiger partial charge in [-0.1, -0.05) is 0 Å². The van der Waals surface area contributed by atoms with E-state index in [1.807, 2.05) is 12.1 Å². The quantitative estimate of drug-likeness (QED) is 0.830. The summed E-state index contributed by atoms with van der Waals surface area (Å²) < 4.78 is 0. The van der Waals surface area contributed by atoms with Crippen molar-refractivity contribution in [3.63, 3.8) is 0 Å². The van der Waals surface area contributed by atoms with Gasteiger partial charge in [-0.2, -0.15) is 0 Å². The van der Waals surface area contributed by atoms with Crippen LogP contribution in [0, 0.1) is 0 Å². The van der Waals surface area contributed by atoms with Gasteiger partial charge in [0.05, 0.1) is 0 Å². The molecule has 1 aromatic carbocycles. The third-order valence-electron chi connectivity index (χ3n) is 3.19. The maximum Gasteiger partial charge on any atom is 0.223 e.